The van der Waals surface area contributed by atoms with Crippen molar-refractivity contribution in [1.82, 2.24) is 15.2 Å². The van der Waals surface area contributed by atoms with E-state index in [2.05, 4.69) is 10.3 Å². The van der Waals surface area contributed by atoms with E-state index in [1.807, 2.05) is 12.3 Å². The molecule has 1 fully saturated rings. The van der Waals surface area contributed by atoms with Gasteiger partial charge in [-0.15, -0.1) is 11.3 Å². The minimum Gasteiger partial charge on any atom is -0.481 e. The Morgan fingerprint density at radius 1 is 1.52 bits per heavy atom. The highest BCUT2D eigenvalue weighted by molar-refractivity contribution is 7.09. The van der Waals surface area contributed by atoms with E-state index >= 15 is 0 Å². The smallest absolute Gasteiger partial charge is 0.317 e. The first-order valence-electron chi connectivity index (χ1n) is 7.23. The Bertz CT molecular complexity index is 503. The molecule has 21 heavy (non-hydrogen) atoms. The van der Waals surface area contributed by atoms with Crippen LogP contribution < -0.4 is 5.32 Å². The second-order valence-electron chi connectivity index (χ2n) is 5.31. The van der Waals surface area contributed by atoms with E-state index in [0.717, 1.165) is 30.0 Å². The molecule has 2 amide bonds. The fraction of sp³-hybridized carbons (Fsp3) is 0.643. The largest absolute Gasteiger partial charge is 0.481 e. The lowest BCUT2D eigenvalue weighted by atomic mass is 10.00. The number of hydrogen-bond donors (Lipinski definition) is 2. The summed E-state index contributed by atoms with van der Waals surface area (Å²) in [6.07, 6.45) is 3.43. The van der Waals surface area contributed by atoms with Gasteiger partial charge in [-0.1, -0.05) is 0 Å². The maximum atomic E-state index is 12.2. The van der Waals surface area contributed by atoms with Crippen LogP contribution in [0.15, 0.2) is 5.38 Å². The molecular weight excluding hydrogens is 290 g/mol. The molecule has 1 aromatic rings. The third kappa shape index (κ3) is 4.70. The van der Waals surface area contributed by atoms with Gasteiger partial charge in [0.05, 0.1) is 11.4 Å². The molecule has 2 rings (SSSR count). The summed E-state index contributed by atoms with van der Waals surface area (Å²) in [7, 11) is 0. The predicted octanol–water partition coefficient (Wildman–Crippen LogP) is 2.03. The predicted molar refractivity (Wildman–Crippen MR) is 80.6 cm³/mol. The number of aromatic nitrogens is 1. The Hall–Kier alpha value is -1.63. The van der Waals surface area contributed by atoms with Crippen molar-refractivity contribution in [3.8, 4) is 0 Å². The highest BCUT2D eigenvalue weighted by Crippen LogP contribution is 2.19. The first-order valence-corrected chi connectivity index (χ1v) is 8.11. The Labute approximate surface area is 128 Å². The number of carboxylic acids is 1. The lowest BCUT2D eigenvalue weighted by molar-refractivity contribution is -0.138. The molecule has 0 saturated carbocycles. The molecule has 1 saturated heterocycles. The van der Waals surface area contributed by atoms with Crippen LogP contribution in [0.4, 0.5) is 4.79 Å². The van der Waals surface area contributed by atoms with Crippen LogP contribution in [0.3, 0.4) is 0 Å². The van der Waals surface area contributed by atoms with Crippen molar-refractivity contribution in [2.75, 3.05) is 13.1 Å². The number of nitrogens with one attached hydrogen (secondary N) is 1. The molecule has 0 radical (unpaired) electrons. The molecule has 0 spiro atoms. The van der Waals surface area contributed by atoms with E-state index in [-0.39, 0.29) is 18.5 Å². The minimum atomic E-state index is -0.849. The summed E-state index contributed by atoms with van der Waals surface area (Å²) in [5, 5.41) is 14.8. The first kappa shape index (κ1) is 15.8. The molecule has 7 heteroatoms. The molecule has 1 unspecified atom stereocenters. The molecule has 1 aliphatic rings. The monoisotopic (exact) mass is 311 g/mol. The van der Waals surface area contributed by atoms with Crippen LogP contribution >= 0.6 is 11.3 Å². The minimum absolute atomic E-state index is 0.0269. The quantitative estimate of drug-likeness (QED) is 0.871. The van der Waals surface area contributed by atoms with Crippen LogP contribution in [0.5, 0.6) is 0 Å². The van der Waals surface area contributed by atoms with Crippen LogP contribution in [0.2, 0.25) is 0 Å². The number of amides is 2. The molecule has 0 aliphatic carbocycles. The number of aryl methyl sites for hydroxylation is 1. The van der Waals surface area contributed by atoms with Crippen LogP contribution in [0, 0.1) is 6.92 Å². The Morgan fingerprint density at radius 3 is 3.00 bits per heavy atom. The zero-order chi connectivity index (χ0) is 15.2. The van der Waals surface area contributed by atoms with Gasteiger partial charge in [-0.25, -0.2) is 9.78 Å². The van der Waals surface area contributed by atoms with Crippen LogP contribution in [0.1, 0.15) is 36.4 Å². The van der Waals surface area contributed by atoms with Crippen molar-refractivity contribution in [3.05, 3.63) is 16.1 Å². The summed E-state index contributed by atoms with van der Waals surface area (Å²) < 4.78 is 0. The average Bonchev–Trinajstić information content (AvgIpc) is 2.84. The van der Waals surface area contributed by atoms with Crippen molar-refractivity contribution >= 4 is 23.3 Å². The topological polar surface area (TPSA) is 82.5 Å². The number of piperidine rings is 1. The van der Waals surface area contributed by atoms with Crippen molar-refractivity contribution in [2.24, 2.45) is 0 Å². The van der Waals surface area contributed by atoms with Gasteiger partial charge in [0.25, 0.3) is 0 Å². The van der Waals surface area contributed by atoms with Gasteiger partial charge in [0.2, 0.25) is 0 Å². The van der Waals surface area contributed by atoms with E-state index in [4.69, 9.17) is 5.11 Å². The molecule has 2 heterocycles. The summed E-state index contributed by atoms with van der Waals surface area (Å²) in [6, 6.07) is -0.340. The number of carbonyl (C=O) groups is 2. The maximum absolute atomic E-state index is 12.2. The van der Waals surface area contributed by atoms with Gasteiger partial charge < -0.3 is 15.3 Å². The standard InChI is InChI=1S/C14H21N3O3S/c1-10-9-21-12(16-10)5-6-15-14(20)17-7-3-2-4-11(17)8-13(18)19/h9,11H,2-8H2,1H3,(H,15,20)(H,18,19). The fourth-order valence-electron chi connectivity index (χ4n) is 2.58. The van der Waals surface area contributed by atoms with E-state index in [9.17, 15) is 9.59 Å². The summed E-state index contributed by atoms with van der Waals surface area (Å²) in [4.78, 5) is 29.1. The molecule has 0 aromatic carbocycles. The normalized spacial score (nSPS) is 18.5. The Kier molecular flexibility index (Phi) is 5.55. The van der Waals surface area contributed by atoms with Gasteiger partial charge in [0.15, 0.2) is 0 Å². The van der Waals surface area contributed by atoms with Gasteiger partial charge in [-0.3, -0.25) is 4.79 Å². The lowest BCUT2D eigenvalue weighted by Crippen LogP contribution is -2.49. The molecule has 2 N–H and O–H groups in total. The molecule has 1 atom stereocenters. The summed E-state index contributed by atoms with van der Waals surface area (Å²) in [5.74, 6) is -0.849. The van der Waals surface area contributed by atoms with E-state index < -0.39 is 5.97 Å². The maximum Gasteiger partial charge on any atom is 0.317 e. The zero-order valence-corrected chi connectivity index (χ0v) is 13.0. The SMILES string of the molecule is Cc1csc(CCNC(=O)N2CCCCC2CC(=O)O)n1. The number of nitrogens with zero attached hydrogens (tertiary/aromatic N) is 2. The molecule has 116 valence electrons. The summed E-state index contributed by atoms with van der Waals surface area (Å²) in [5.41, 5.74) is 0.999. The van der Waals surface area contributed by atoms with Gasteiger partial charge in [0.1, 0.15) is 0 Å². The Morgan fingerprint density at radius 2 is 2.33 bits per heavy atom. The number of aliphatic carboxylic acids is 1. The molecule has 6 nitrogen and oxygen atoms in total. The first-order chi connectivity index (χ1) is 10.1. The average molecular weight is 311 g/mol. The Balaban J connectivity index is 1.81. The third-order valence-corrected chi connectivity index (χ3v) is 4.61. The second-order valence-corrected chi connectivity index (χ2v) is 6.25. The number of likely N-dealkylation sites (tertiary alicyclic amines) is 1. The summed E-state index contributed by atoms with van der Waals surface area (Å²) in [6.45, 7) is 3.12. The molecule has 0 bridgehead atoms. The fourth-order valence-corrected chi connectivity index (χ4v) is 3.35. The van der Waals surface area contributed by atoms with E-state index in [1.54, 1.807) is 16.2 Å². The van der Waals surface area contributed by atoms with Crippen molar-refractivity contribution < 1.29 is 14.7 Å². The highest BCUT2D eigenvalue weighted by Gasteiger charge is 2.28. The number of rotatable bonds is 5. The van der Waals surface area contributed by atoms with Gasteiger partial charge in [0, 0.05) is 36.6 Å². The van der Waals surface area contributed by atoms with Gasteiger partial charge >= 0.3 is 12.0 Å². The van der Waals surface area contributed by atoms with Crippen LogP contribution in [0.25, 0.3) is 0 Å². The van der Waals surface area contributed by atoms with Crippen molar-refractivity contribution in [2.45, 2.75) is 45.1 Å². The second kappa shape index (κ2) is 7.40. The highest BCUT2D eigenvalue weighted by atomic mass is 32.1. The molecule has 1 aromatic heterocycles. The number of carbonyl (C=O) groups excluding carboxylic acids is 1. The molecular formula is C14H21N3O3S. The third-order valence-electron chi connectivity index (χ3n) is 3.58. The van der Waals surface area contributed by atoms with Crippen LogP contribution in [-0.2, 0) is 11.2 Å². The molecule has 1 aliphatic heterocycles. The lowest BCUT2D eigenvalue weighted by Gasteiger charge is -2.34. The number of carboxylic acid groups (broad SMARTS) is 1. The van der Waals surface area contributed by atoms with Crippen molar-refractivity contribution in [1.29, 1.82) is 0 Å². The van der Waals surface area contributed by atoms with Gasteiger partial charge in [-0.05, 0) is 26.2 Å². The number of hydrogen-bond acceptors (Lipinski definition) is 4. The zero-order valence-electron chi connectivity index (χ0n) is 12.2. The van der Waals surface area contributed by atoms with Crippen molar-refractivity contribution in [3.63, 3.8) is 0 Å². The van der Waals surface area contributed by atoms with E-state index in [0.29, 0.717) is 19.5 Å². The van der Waals surface area contributed by atoms with Gasteiger partial charge in [-0.2, -0.15) is 0 Å². The summed E-state index contributed by atoms with van der Waals surface area (Å²) >= 11 is 1.59. The number of urea groups is 1. The number of thiazole rings is 1. The van der Waals surface area contributed by atoms with E-state index in [1.165, 1.54) is 0 Å². The van der Waals surface area contributed by atoms with Crippen LogP contribution in [-0.4, -0.2) is 46.1 Å².